The maximum Gasteiger partial charge on any atom is 0.322 e. The first-order chi connectivity index (χ1) is 23.1. The van der Waals surface area contributed by atoms with Crippen LogP contribution in [-0.2, 0) is 22.6 Å². The van der Waals surface area contributed by atoms with Gasteiger partial charge in [0, 0.05) is 79.8 Å². The molecule has 4 aliphatic heterocycles. The van der Waals surface area contributed by atoms with Gasteiger partial charge in [0.05, 0.1) is 5.69 Å². The third-order valence-corrected chi connectivity index (χ3v) is 12.0. The number of nitrogens with one attached hydrogen (secondary N) is 2. The Morgan fingerprint density at radius 3 is 2.04 bits per heavy atom. The van der Waals surface area contributed by atoms with Gasteiger partial charge in [-0.1, -0.05) is 18.2 Å². The minimum absolute atomic E-state index is 0.0281. The number of fused-ring (bicyclic) bond motifs is 1. The van der Waals surface area contributed by atoms with E-state index < -0.39 is 6.04 Å². The average Bonchev–Trinajstić information content (AvgIpc) is 3.10. The molecule has 48 heavy (non-hydrogen) atoms. The molecule has 6 rings (SSSR count). The Bertz CT molecular complexity index is 1510. The number of carbonyl (C=O) groups is 4. The van der Waals surface area contributed by atoms with E-state index in [-0.39, 0.29) is 29.9 Å². The van der Waals surface area contributed by atoms with Crippen molar-refractivity contribution in [3.05, 3.63) is 56.5 Å². The van der Waals surface area contributed by atoms with Crippen LogP contribution in [0.5, 0.6) is 0 Å². The summed E-state index contributed by atoms with van der Waals surface area (Å²) in [5.74, 6) is 1.19. The summed E-state index contributed by atoms with van der Waals surface area (Å²) in [4.78, 5) is 59.9. The lowest BCUT2D eigenvalue weighted by molar-refractivity contribution is -0.135. The number of urea groups is 2. The first-order valence-corrected chi connectivity index (χ1v) is 18.6. The minimum Gasteiger partial charge on any atom is -0.397 e. The number of anilines is 2. The molecular weight excluding hydrogens is 742 g/mol. The number of hydrogen-bond acceptors (Lipinski definition) is 5. The first kappa shape index (κ1) is 34.5. The summed E-state index contributed by atoms with van der Waals surface area (Å²) < 4.78 is 1.46. The lowest BCUT2D eigenvalue weighted by Crippen LogP contribution is -2.57. The summed E-state index contributed by atoms with van der Waals surface area (Å²) in [5, 5.41) is 6.09. The number of carbonyl (C=O) groups excluding carboxylic acids is 4. The van der Waals surface area contributed by atoms with Gasteiger partial charge in [-0.05, 0) is 112 Å². The second-order valence-corrected chi connectivity index (χ2v) is 15.3. The van der Waals surface area contributed by atoms with Gasteiger partial charge < -0.3 is 36.0 Å². The maximum absolute atomic E-state index is 14.1. The predicted octanol–water partition coefficient (Wildman–Crippen LogP) is 5.42. The van der Waals surface area contributed by atoms with Crippen LogP contribution in [0.2, 0.25) is 0 Å². The molecule has 11 nitrogen and oxygen atoms in total. The maximum atomic E-state index is 14.1. The number of nitrogens with zero attached hydrogens (tertiary/aromatic N) is 4. The molecule has 4 aliphatic rings. The molecule has 3 fully saturated rings. The summed E-state index contributed by atoms with van der Waals surface area (Å²) in [6.07, 6.45) is 5.55. The number of para-hydroxylation sites is 1. The van der Waals surface area contributed by atoms with Crippen molar-refractivity contribution in [2.45, 2.75) is 70.5 Å². The molecule has 0 aliphatic carbocycles. The summed E-state index contributed by atoms with van der Waals surface area (Å²) >= 11 is 7.04. The van der Waals surface area contributed by atoms with Crippen LogP contribution in [-0.4, -0.2) is 94.8 Å². The van der Waals surface area contributed by atoms with Gasteiger partial charge in [0.25, 0.3) is 0 Å². The van der Waals surface area contributed by atoms with Gasteiger partial charge in [-0.25, -0.2) is 9.59 Å². The molecule has 0 saturated carbocycles. The van der Waals surface area contributed by atoms with Crippen molar-refractivity contribution in [1.82, 2.24) is 24.9 Å². The Morgan fingerprint density at radius 2 is 1.44 bits per heavy atom. The minimum atomic E-state index is -0.739. The normalized spacial score (nSPS) is 20.3. The number of hydrogen-bond donors (Lipinski definition) is 3. The largest absolute Gasteiger partial charge is 0.397 e. The molecule has 0 bridgehead atoms. The molecule has 0 aromatic heterocycles. The lowest BCUT2D eigenvalue weighted by Gasteiger charge is -2.41. The highest BCUT2D eigenvalue weighted by atomic mass is 79.9. The van der Waals surface area contributed by atoms with Gasteiger partial charge >= 0.3 is 12.1 Å². The van der Waals surface area contributed by atoms with E-state index in [1.807, 2.05) is 51.1 Å². The molecule has 2 aromatic rings. The molecule has 13 heteroatoms. The Kier molecular flexibility index (Phi) is 10.8. The number of nitrogen functional groups attached to an aromatic ring is 1. The number of nitrogens with two attached hydrogens (primary N) is 1. The summed E-state index contributed by atoms with van der Waals surface area (Å²) in [6, 6.07) is 10.6. The standard InChI is InChI=1S/C35H45Br2N7O4/c1-22(45)41-12-6-24(7-13-41)25-8-14-42(15-9-25)33(46)31(20-23-18-28(36)32(38)29(37)19-23)40-34(47)43-16-10-27(11-17-43)44-21-26-4-2-3-5-30(26)39-35(44)48/h2-5,18-19,24-25,27,31H,6-17,20-21,38H2,1H3,(H,39,48)(H,40,47)/t31-/m0/s1. The second-order valence-electron chi connectivity index (χ2n) is 13.6. The van der Waals surface area contributed by atoms with E-state index in [1.54, 1.807) is 11.8 Å². The van der Waals surface area contributed by atoms with E-state index in [0.29, 0.717) is 69.5 Å². The quantitative estimate of drug-likeness (QED) is 0.337. The van der Waals surface area contributed by atoms with E-state index in [4.69, 9.17) is 5.73 Å². The third kappa shape index (κ3) is 7.77. The van der Waals surface area contributed by atoms with Crippen LogP contribution in [0, 0.1) is 11.8 Å². The SMILES string of the molecule is CC(=O)N1CCC(C2CCN(C(=O)[C@H](Cc3cc(Br)c(N)c(Br)c3)NC(=O)N3CCC(N4Cc5ccccc5NC4=O)CC3)CC2)CC1. The van der Waals surface area contributed by atoms with Gasteiger partial charge in [0.2, 0.25) is 11.8 Å². The van der Waals surface area contributed by atoms with Crippen molar-refractivity contribution >= 4 is 67.1 Å². The fourth-order valence-corrected chi connectivity index (χ4v) is 9.11. The number of rotatable bonds is 6. The zero-order chi connectivity index (χ0) is 33.9. The molecule has 4 heterocycles. The van der Waals surface area contributed by atoms with E-state index in [0.717, 1.165) is 64.5 Å². The van der Waals surface area contributed by atoms with Crippen molar-refractivity contribution in [2.75, 3.05) is 50.3 Å². The Balaban J connectivity index is 1.08. The summed E-state index contributed by atoms with van der Waals surface area (Å²) in [5.41, 5.74) is 9.53. The fraction of sp³-hybridized carbons (Fsp3) is 0.543. The molecule has 4 N–H and O–H groups in total. The highest BCUT2D eigenvalue weighted by Gasteiger charge is 2.36. The van der Waals surface area contributed by atoms with Crippen LogP contribution in [0.4, 0.5) is 21.0 Å². The Hall–Kier alpha value is -3.32. The molecule has 0 spiro atoms. The smallest absolute Gasteiger partial charge is 0.322 e. The average molecular weight is 788 g/mol. The van der Waals surface area contributed by atoms with Crippen molar-refractivity contribution in [3.8, 4) is 0 Å². The van der Waals surface area contributed by atoms with Crippen LogP contribution in [0.3, 0.4) is 0 Å². The van der Waals surface area contributed by atoms with Crippen LogP contribution in [0.15, 0.2) is 45.3 Å². The molecule has 0 unspecified atom stereocenters. The molecule has 0 radical (unpaired) electrons. The van der Waals surface area contributed by atoms with Gasteiger partial charge in [0.15, 0.2) is 0 Å². The van der Waals surface area contributed by atoms with Crippen molar-refractivity contribution in [3.63, 3.8) is 0 Å². The molecule has 1 atom stereocenters. The van der Waals surface area contributed by atoms with Gasteiger partial charge in [-0.2, -0.15) is 0 Å². The van der Waals surface area contributed by atoms with Crippen molar-refractivity contribution in [1.29, 1.82) is 0 Å². The summed E-state index contributed by atoms with van der Waals surface area (Å²) in [6.45, 7) is 6.13. The Labute approximate surface area is 299 Å². The molecular formula is C35H45Br2N7O4. The van der Waals surface area contributed by atoms with E-state index in [1.165, 1.54) is 0 Å². The van der Waals surface area contributed by atoms with Crippen LogP contribution in [0.1, 0.15) is 56.6 Å². The van der Waals surface area contributed by atoms with Crippen LogP contribution >= 0.6 is 31.9 Å². The third-order valence-electron chi connectivity index (χ3n) is 10.7. The monoisotopic (exact) mass is 785 g/mol. The van der Waals surface area contributed by atoms with E-state index in [9.17, 15) is 19.2 Å². The Morgan fingerprint density at radius 1 is 0.875 bits per heavy atom. The number of piperidine rings is 3. The number of amides is 6. The second kappa shape index (κ2) is 15.1. The molecule has 6 amide bonds. The zero-order valence-corrected chi connectivity index (χ0v) is 30.6. The van der Waals surface area contributed by atoms with E-state index >= 15 is 0 Å². The van der Waals surface area contributed by atoms with Crippen molar-refractivity contribution in [2.24, 2.45) is 11.8 Å². The summed E-state index contributed by atoms with van der Waals surface area (Å²) in [7, 11) is 0. The van der Waals surface area contributed by atoms with E-state index in [2.05, 4.69) is 42.5 Å². The zero-order valence-electron chi connectivity index (χ0n) is 27.4. The topological polar surface area (TPSA) is 131 Å². The fourth-order valence-electron chi connectivity index (χ4n) is 7.83. The highest BCUT2D eigenvalue weighted by Crippen LogP contribution is 2.34. The first-order valence-electron chi connectivity index (χ1n) is 17.1. The molecule has 2 aromatic carbocycles. The van der Waals surface area contributed by atoms with Gasteiger partial charge in [-0.15, -0.1) is 0 Å². The molecule has 3 saturated heterocycles. The van der Waals surface area contributed by atoms with Gasteiger partial charge in [0.1, 0.15) is 6.04 Å². The number of halogens is 2. The van der Waals surface area contributed by atoms with Crippen LogP contribution in [0.25, 0.3) is 0 Å². The highest BCUT2D eigenvalue weighted by molar-refractivity contribution is 9.11. The predicted molar refractivity (Wildman–Crippen MR) is 192 cm³/mol. The number of benzene rings is 2. The van der Waals surface area contributed by atoms with Crippen molar-refractivity contribution < 1.29 is 19.2 Å². The molecule has 258 valence electrons. The number of likely N-dealkylation sites (tertiary alicyclic amines) is 3. The van der Waals surface area contributed by atoms with Gasteiger partial charge in [-0.3, -0.25) is 9.59 Å². The lowest BCUT2D eigenvalue weighted by atomic mass is 9.78. The van der Waals surface area contributed by atoms with Crippen LogP contribution < -0.4 is 16.4 Å².